The Morgan fingerprint density at radius 3 is 2.50 bits per heavy atom. The van der Waals surface area contributed by atoms with Crippen LogP contribution in [0.15, 0.2) is 22.5 Å². The van der Waals surface area contributed by atoms with E-state index in [0.717, 1.165) is 18.4 Å². The molecule has 0 unspecified atom stereocenters. The zero-order valence-electron chi connectivity index (χ0n) is 6.22. The molecule has 66 valence electrons. The molecule has 0 aromatic carbocycles. The lowest BCUT2D eigenvalue weighted by Crippen LogP contribution is -2.22. The van der Waals surface area contributed by atoms with E-state index in [-0.39, 0.29) is 4.88 Å². The zero-order valence-corrected chi connectivity index (χ0v) is 7.04. The van der Waals surface area contributed by atoms with E-state index >= 15 is 0 Å². The Morgan fingerprint density at radius 1 is 1.50 bits per heavy atom. The molecule has 0 bridgehead atoms. The molecule has 1 heterocycles. The lowest BCUT2D eigenvalue weighted by molar-refractivity contribution is -0.0579. The highest BCUT2D eigenvalue weighted by atomic mass is 32.1. The number of hydrogen-bond donors (Lipinski definition) is 0. The van der Waals surface area contributed by atoms with Crippen LogP contribution in [0.2, 0.25) is 0 Å². The van der Waals surface area contributed by atoms with Gasteiger partial charge >= 0.3 is 6.18 Å². The van der Waals surface area contributed by atoms with Crippen LogP contribution in [0.1, 0.15) is 4.88 Å². The number of aliphatic imine (C=N–C) groups is 1. The van der Waals surface area contributed by atoms with Crippen molar-refractivity contribution in [1.29, 1.82) is 0 Å². The summed E-state index contributed by atoms with van der Waals surface area (Å²) in [6, 6.07) is 2.97. The SMILES string of the molecule is CN=C(c1cccs1)C(F)(F)F. The van der Waals surface area contributed by atoms with Crippen molar-refractivity contribution >= 4 is 17.0 Å². The molecule has 12 heavy (non-hydrogen) atoms. The lowest BCUT2D eigenvalue weighted by Gasteiger charge is -2.06. The molecule has 0 N–H and O–H groups in total. The van der Waals surface area contributed by atoms with Crippen molar-refractivity contribution in [2.24, 2.45) is 4.99 Å². The predicted octanol–water partition coefficient (Wildman–Crippen LogP) is 2.73. The van der Waals surface area contributed by atoms with Gasteiger partial charge in [0.25, 0.3) is 0 Å². The van der Waals surface area contributed by atoms with E-state index in [1.54, 1.807) is 11.4 Å². The van der Waals surface area contributed by atoms with Gasteiger partial charge in [0.15, 0.2) is 5.71 Å². The van der Waals surface area contributed by atoms with Gasteiger partial charge in [-0.1, -0.05) is 6.07 Å². The molecule has 0 radical (unpaired) electrons. The van der Waals surface area contributed by atoms with Crippen LogP contribution in [0.25, 0.3) is 0 Å². The third kappa shape index (κ3) is 1.85. The van der Waals surface area contributed by atoms with E-state index in [0.29, 0.717) is 0 Å². The summed E-state index contributed by atoms with van der Waals surface area (Å²) in [6.45, 7) is 0. The van der Waals surface area contributed by atoms with E-state index in [9.17, 15) is 13.2 Å². The fourth-order valence-electron chi connectivity index (χ4n) is 0.790. The minimum absolute atomic E-state index is 0.157. The molecular formula is C7H6F3NS. The van der Waals surface area contributed by atoms with Crippen LogP contribution < -0.4 is 0 Å². The molecule has 5 heteroatoms. The summed E-state index contributed by atoms with van der Waals surface area (Å²) in [6.07, 6.45) is -4.35. The fourth-order valence-corrected chi connectivity index (χ4v) is 1.57. The Balaban J connectivity index is 3.01. The molecule has 0 aliphatic heterocycles. The molecule has 0 fully saturated rings. The molecule has 1 aromatic rings. The first-order chi connectivity index (χ1) is 5.55. The van der Waals surface area contributed by atoms with Crippen molar-refractivity contribution in [2.75, 3.05) is 7.05 Å². The Labute approximate surface area is 71.6 Å². The van der Waals surface area contributed by atoms with Crippen molar-refractivity contribution in [1.82, 2.24) is 0 Å². The van der Waals surface area contributed by atoms with E-state index < -0.39 is 11.9 Å². The third-order valence-electron chi connectivity index (χ3n) is 1.25. The monoisotopic (exact) mass is 193 g/mol. The minimum Gasteiger partial charge on any atom is -0.283 e. The number of nitrogens with zero attached hydrogens (tertiary/aromatic N) is 1. The van der Waals surface area contributed by atoms with Crippen molar-refractivity contribution in [2.45, 2.75) is 6.18 Å². The maximum atomic E-state index is 12.2. The van der Waals surface area contributed by atoms with Gasteiger partial charge in [0, 0.05) is 7.05 Å². The van der Waals surface area contributed by atoms with E-state index in [2.05, 4.69) is 4.99 Å². The molecule has 1 rings (SSSR count). The highest BCUT2D eigenvalue weighted by Gasteiger charge is 2.36. The molecule has 0 atom stereocenters. The Hall–Kier alpha value is -0.840. The van der Waals surface area contributed by atoms with Crippen molar-refractivity contribution < 1.29 is 13.2 Å². The van der Waals surface area contributed by atoms with E-state index in [1.165, 1.54) is 6.07 Å². The highest BCUT2D eigenvalue weighted by molar-refractivity contribution is 7.12. The molecule has 0 aliphatic rings. The average molecular weight is 193 g/mol. The van der Waals surface area contributed by atoms with Crippen LogP contribution in [0.3, 0.4) is 0 Å². The summed E-state index contributed by atoms with van der Waals surface area (Å²) in [4.78, 5) is 3.36. The zero-order chi connectivity index (χ0) is 9.19. The molecule has 0 saturated heterocycles. The van der Waals surface area contributed by atoms with Crippen molar-refractivity contribution in [3.05, 3.63) is 22.4 Å². The quantitative estimate of drug-likeness (QED) is 0.608. The van der Waals surface area contributed by atoms with Crippen LogP contribution in [0, 0.1) is 0 Å². The molecular weight excluding hydrogens is 187 g/mol. The Morgan fingerprint density at radius 2 is 2.17 bits per heavy atom. The second kappa shape index (κ2) is 3.26. The van der Waals surface area contributed by atoms with Crippen LogP contribution >= 0.6 is 11.3 Å². The first-order valence-corrected chi connectivity index (χ1v) is 4.01. The van der Waals surface area contributed by atoms with Gasteiger partial charge in [-0.2, -0.15) is 13.2 Å². The first kappa shape index (κ1) is 9.25. The molecule has 1 nitrogen and oxygen atoms in total. The second-order valence-electron chi connectivity index (χ2n) is 2.05. The average Bonchev–Trinajstić information content (AvgIpc) is 2.38. The van der Waals surface area contributed by atoms with Crippen LogP contribution in [-0.2, 0) is 0 Å². The maximum absolute atomic E-state index is 12.2. The summed E-state index contributed by atoms with van der Waals surface area (Å²) in [5.41, 5.74) is -0.808. The maximum Gasteiger partial charge on any atom is 0.434 e. The van der Waals surface area contributed by atoms with E-state index in [1.807, 2.05) is 0 Å². The van der Waals surface area contributed by atoms with Gasteiger partial charge in [0.1, 0.15) is 0 Å². The largest absolute Gasteiger partial charge is 0.434 e. The van der Waals surface area contributed by atoms with E-state index in [4.69, 9.17) is 0 Å². The van der Waals surface area contributed by atoms with Gasteiger partial charge in [-0.15, -0.1) is 11.3 Å². The number of alkyl halides is 3. The summed E-state index contributed by atoms with van der Waals surface area (Å²) in [5.74, 6) is 0. The van der Waals surface area contributed by atoms with Crippen LogP contribution in [0.5, 0.6) is 0 Å². The van der Waals surface area contributed by atoms with Crippen molar-refractivity contribution in [3.8, 4) is 0 Å². The van der Waals surface area contributed by atoms with Gasteiger partial charge in [0.2, 0.25) is 0 Å². The van der Waals surface area contributed by atoms with Gasteiger partial charge in [0.05, 0.1) is 4.88 Å². The predicted molar refractivity (Wildman–Crippen MR) is 42.8 cm³/mol. The highest BCUT2D eigenvalue weighted by Crippen LogP contribution is 2.24. The number of hydrogen-bond acceptors (Lipinski definition) is 2. The summed E-state index contributed by atoms with van der Waals surface area (Å²) < 4.78 is 36.5. The topological polar surface area (TPSA) is 12.4 Å². The Bertz CT molecular complexity index is 273. The fraction of sp³-hybridized carbons (Fsp3) is 0.286. The molecule has 0 saturated carbocycles. The molecule has 0 spiro atoms. The molecule has 1 aromatic heterocycles. The molecule has 0 amide bonds. The van der Waals surface area contributed by atoms with Gasteiger partial charge in [-0.3, -0.25) is 4.99 Å². The van der Waals surface area contributed by atoms with Crippen LogP contribution in [0.4, 0.5) is 13.2 Å². The first-order valence-electron chi connectivity index (χ1n) is 3.13. The number of thiophene rings is 1. The normalized spacial score (nSPS) is 13.5. The Kier molecular flexibility index (Phi) is 2.52. The summed E-state index contributed by atoms with van der Waals surface area (Å²) in [5, 5.41) is 1.59. The molecule has 0 aliphatic carbocycles. The van der Waals surface area contributed by atoms with Gasteiger partial charge in [-0.05, 0) is 11.4 Å². The number of halogens is 3. The summed E-state index contributed by atoms with van der Waals surface area (Å²) in [7, 11) is 1.14. The van der Waals surface area contributed by atoms with Gasteiger partial charge in [-0.25, -0.2) is 0 Å². The standard InChI is InChI=1S/C7H6F3NS/c1-11-6(7(8,9)10)5-3-2-4-12-5/h2-4H,1H3. The smallest absolute Gasteiger partial charge is 0.283 e. The lowest BCUT2D eigenvalue weighted by atomic mass is 10.3. The minimum atomic E-state index is -4.35. The third-order valence-corrected chi connectivity index (χ3v) is 2.12. The van der Waals surface area contributed by atoms with Gasteiger partial charge < -0.3 is 0 Å². The number of rotatable bonds is 1. The van der Waals surface area contributed by atoms with Crippen molar-refractivity contribution in [3.63, 3.8) is 0 Å². The summed E-state index contributed by atoms with van der Waals surface area (Å²) >= 11 is 1.03. The van der Waals surface area contributed by atoms with Crippen LogP contribution in [-0.4, -0.2) is 18.9 Å². The second-order valence-corrected chi connectivity index (χ2v) is 2.99.